The fourth-order valence-corrected chi connectivity index (χ4v) is 3.82. The first-order chi connectivity index (χ1) is 13.7. The van der Waals surface area contributed by atoms with Crippen molar-refractivity contribution in [3.8, 4) is 22.7 Å². The van der Waals surface area contributed by atoms with Crippen molar-refractivity contribution in [2.75, 3.05) is 36.9 Å². The molecule has 0 spiro atoms. The molecule has 28 heavy (non-hydrogen) atoms. The number of para-hydroxylation sites is 1. The van der Waals surface area contributed by atoms with E-state index in [1.54, 1.807) is 28.9 Å². The van der Waals surface area contributed by atoms with Gasteiger partial charge in [0.1, 0.15) is 11.4 Å². The fraction of sp³-hybridized carbons (Fsp3) is 0.316. The largest absolute Gasteiger partial charge is 0.507 e. The summed E-state index contributed by atoms with van der Waals surface area (Å²) in [4.78, 5) is 2.31. The molecule has 2 aromatic heterocycles. The number of morpholine rings is 1. The van der Waals surface area contributed by atoms with E-state index in [1.807, 2.05) is 18.5 Å². The number of hydrogen-bond acceptors (Lipinski definition) is 8. The molecule has 2 aliphatic rings. The van der Waals surface area contributed by atoms with Gasteiger partial charge in [-0.1, -0.05) is 12.1 Å². The zero-order chi connectivity index (χ0) is 19.1. The van der Waals surface area contributed by atoms with E-state index in [1.165, 1.54) is 0 Å². The molecule has 2 saturated heterocycles. The van der Waals surface area contributed by atoms with Gasteiger partial charge in [-0.05, 0) is 18.2 Å². The first-order valence-electron chi connectivity index (χ1n) is 9.23. The Morgan fingerprint density at radius 1 is 1.14 bits per heavy atom. The summed E-state index contributed by atoms with van der Waals surface area (Å²) >= 11 is 0. The van der Waals surface area contributed by atoms with Crippen molar-refractivity contribution in [3.05, 3.63) is 42.7 Å². The molecule has 0 radical (unpaired) electrons. The molecule has 4 heterocycles. The molecule has 1 aromatic carbocycles. The second-order valence-corrected chi connectivity index (χ2v) is 7.16. The number of ether oxygens (including phenoxy) is 1. The van der Waals surface area contributed by atoms with Crippen LogP contribution in [0.3, 0.4) is 0 Å². The monoisotopic (exact) mass is 379 g/mol. The summed E-state index contributed by atoms with van der Waals surface area (Å²) in [5.41, 5.74) is 8.84. The number of fused-ring (bicyclic) bond motifs is 2. The molecule has 2 atom stereocenters. The summed E-state index contributed by atoms with van der Waals surface area (Å²) in [5, 5.41) is 26.3. The molecule has 4 N–H and O–H groups in total. The third-order valence-corrected chi connectivity index (χ3v) is 5.15. The predicted octanol–water partition coefficient (Wildman–Crippen LogP) is 0.794. The average molecular weight is 379 g/mol. The third-order valence-electron chi connectivity index (χ3n) is 5.15. The molecule has 9 heteroatoms. The molecule has 3 aromatic rings. The standard InChI is InChI=1S/C19H21N7O2/c20-19-17(5-16(23-24-19)15-3-1-2-4-18(15)27)26-9-14(6-21-26)25-7-12-10-28-11-13(8-25)22-12/h1-6,9,12-13,22,27H,7-8,10-11H2,(H2,20,24)/t12-,13+. The number of benzene rings is 1. The maximum atomic E-state index is 10.1. The maximum absolute atomic E-state index is 10.1. The van der Waals surface area contributed by atoms with Crippen LogP contribution in [0.15, 0.2) is 42.7 Å². The maximum Gasteiger partial charge on any atom is 0.172 e. The molecule has 0 aliphatic carbocycles. The number of phenolic OH excluding ortho intramolecular Hbond substituents is 1. The molecule has 2 aliphatic heterocycles. The lowest BCUT2D eigenvalue weighted by molar-refractivity contribution is 0.0376. The minimum atomic E-state index is 0.142. The van der Waals surface area contributed by atoms with E-state index in [2.05, 4.69) is 25.5 Å². The highest BCUT2D eigenvalue weighted by molar-refractivity contribution is 5.70. The van der Waals surface area contributed by atoms with Crippen molar-refractivity contribution in [2.24, 2.45) is 0 Å². The molecule has 2 fully saturated rings. The molecule has 2 bridgehead atoms. The number of phenols is 1. The third kappa shape index (κ3) is 3.04. The number of nitrogens with zero attached hydrogens (tertiary/aromatic N) is 5. The Balaban J connectivity index is 1.46. The van der Waals surface area contributed by atoms with Gasteiger partial charge >= 0.3 is 0 Å². The number of nitrogen functional groups attached to an aromatic ring is 1. The highest BCUT2D eigenvalue weighted by Crippen LogP contribution is 2.29. The number of piperazine rings is 1. The number of aromatic hydroxyl groups is 1. The van der Waals surface area contributed by atoms with Crippen LogP contribution < -0.4 is 16.0 Å². The van der Waals surface area contributed by atoms with Gasteiger partial charge in [0.05, 0.1) is 37.0 Å². The average Bonchev–Trinajstić information content (AvgIpc) is 3.19. The first kappa shape index (κ1) is 17.0. The van der Waals surface area contributed by atoms with Crippen LogP contribution in [-0.4, -0.2) is 63.5 Å². The topological polar surface area (TPSA) is 114 Å². The lowest BCUT2D eigenvalue weighted by Crippen LogP contribution is -2.62. The van der Waals surface area contributed by atoms with Crippen LogP contribution in [0.1, 0.15) is 0 Å². The minimum absolute atomic E-state index is 0.142. The van der Waals surface area contributed by atoms with Crippen LogP contribution >= 0.6 is 0 Å². The lowest BCUT2D eigenvalue weighted by atomic mass is 10.1. The van der Waals surface area contributed by atoms with Crippen molar-refractivity contribution in [1.29, 1.82) is 0 Å². The van der Waals surface area contributed by atoms with Gasteiger partial charge in [0.15, 0.2) is 5.82 Å². The number of nitrogens with one attached hydrogen (secondary N) is 1. The van der Waals surface area contributed by atoms with E-state index >= 15 is 0 Å². The van der Waals surface area contributed by atoms with Crippen molar-refractivity contribution in [3.63, 3.8) is 0 Å². The van der Waals surface area contributed by atoms with Gasteiger partial charge in [-0.2, -0.15) is 5.10 Å². The fourth-order valence-electron chi connectivity index (χ4n) is 3.82. The molecule has 9 nitrogen and oxygen atoms in total. The molecular weight excluding hydrogens is 358 g/mol. The molecule has 0 amide bonds. The smallest absolute Gasteiger partial charge is 0.172 e. The zero-order valence-corrected chi connectivity index (χ0v) is 15.2. The van der Waals surface area contributed by atoms with Crippen molar-refractivity contribution in [2.45, 2.75) is 12.1 Å². The Morgan fingerprint density at radius 2 is 1.93 bits per heavy atom. The number of hydrogen-bond donors (Lipinski definition) is 3. The van der Waals surface area contributed by atoms with Crippen molar-refractivity contribution >= 4 is 11.5 Å². The molecule has 144 valence electrons. The second kappa shape index (κ2) is 6.77. The zero-order valence-electron chi connectivity index (χ0n) is 15.2. The molecular formula is C19H21N7O2. The highest BCUT2D eigenvalue weighted by Gasteiger charge is 2.31. The van der Waals surface area contributed by atoms with Gasteiger partial charge < -0.3 is 25.8 Å². The van der Waals surface area contributed by atoms with Crippen LogP contribution in [0.4, 0.5) is 11.5 Å². The van der Waals surface area contributed by atoms with E-state index in [4.69, 9.17) is 10.5 Å². The van der Waals surface area contributed by atoms with Gasteiger partial charge in [-0.3, -0.25) is 0 Å². The Hall–Kier alpha value is -3.17. The van der Waals surface area contributed by atoms with Crippen LogP contribution in [0.2, 0.25) is 0 Å². The Labute approximate surface area is 161 Å². The molecule has 0 unspecified atom stereocenters. The number of aromatic nitrogens is 4. The number of nitrogens with two attached hydrogens (primary N) is 1. The summed E-state index contributed by atoms with van der Waals surface area (Å²) in [6, 6.07) is 9.45. The summed E-state index contributed by atoms with van der Waals surface area (Å²) in [6.45, 7) is 3.20. The van der Waals surface area contributed by atoms with E-state index < -0.39 is 0 Å². The lowest BCUT2D eigenvalue weighted by Gasteiger charge is -2.42. The van der Waals surface area contributed by atoms with Gasteiger partial charge in [0, 0.05) is 30.7 Å². The summed E-state index contributed by atoms with van der Waals surface area (Å²) < 4.78 is 7.32. The van der Waals surface area contributed by atoms with Crippen LogP contribution in [-0.2, 0) is 4.74 Å². The quantitative estimate of drug-likeness (QED) is 0.612. The Kier molecular flexibility index (Phi) is 4.10. The summed E-state index contributed by atoms with van der Waals surface area (Å²) in [5.74, 6) is 0.419. The predicted molar refractivity (Wildman–Crippen MR) is 104 cm³/mol. The molecule has 0 saturated carbocycles. The van der Waals surface area contributed by atoms with E-state index in [-0.39, 0.29) is 11.6 Å². The second-order valence-electron chi connectivity index (χ2n) is 7.16. The van der Waals surface area contributed by atoms with Gasteiger partial charge in [0.2, 0.25) is 0 Å². The van der Waals surface area contributed by atoms with E-state index in [0.717, 1.165) is 32.0 Å². The van der Waals surface area contributed by atoms with Crippen LogP contribution in [0.25, 0.3) is 16.9 Å². The SMILES string of the molecule is Nc1nnc(-c2ccccc2O)cc1-n1cc(N2C[C@H]3COC[C@@H](C2)N3)cn1. The van der Waals surface area contributed by atoms with Crippen LogP contribution in [0, 0.1) is 0 Å². The normalized spacial score (nSPS) is 21.6. The molecule has 5 rings (SSSR count). The van der Waals surface area contributed by atoms with Gasteiger partial charge in [0.25, 0.3) is 0 Å². The van der Waals surface area contributed by atoms with Crippen LogP contribution in [0.5, 0.6) is 5.75 Å². The van der Waals surface area contributed by atoms with E-state index in [9.17, 15) is 5.11 Å². The highest BCUT2D eigenvalue weighted by atomic mass is 16.5. The van der Waals surface area contributed by atoms with E-state index in [0.29, 0.717) is 29.0 Å². The van der Waals surface area contributed by atoms with Crippen molar-refractivity contribution in [1.82, 2.24) is 25.3 Å². The first-order valence-corrected chi connectivity index (χ1v) is 9.23. The minimum Gasteiger partial charge on any atom is -0.507 e. The number of anilines is 2. The summed E-state index contributed by atoms with van der Waals surface area (Å²) in [6.07, 6.45) is 3.78. The number of rotatable bonds is 3. The van der Waals surface area contributed by atoms with Crippen molar-refractivity contribution < 1.29 is 9.84 Å². The Bertz CT molecular complexity index is 993. The van der Waals surface area contributed by atoms with Gasteiger partial charge in [-0.25, -0.2) is 4.68 Å². The summed E-state index contributed by atoms with van der Waals surface area (Å²) in [7, 11) is 0. The van der Waals surface area contributed by atoms with Gasteiger partial charge in [-0.15, -0.1) is 10.2 Å². The Morgan fingerprint density at radius 3 is 2.71 bits per heavy atom.